The molecule has 104 valence electrons. The molecule has 21 heavy (non-hydrogen) atoms. The van der Waals surface area contributed by atoms with Crippen molar-refractivity contribution in [2.45, 2.75) is 0 Å². The quantitative estimate of drug-likeness (QED) is 0.432. The van der Waals surface area contributed by atoms with Crippen molar-refractivity contribution < 1.29 is 4.74 Å². The molecule has 0 fully saturated rings. The summed E-state index contributed by atoms with van der Waals surface area (Å²) in [6, 6.07) is 17.6. The molecule has 0 amide bonds. The van der Waals surface area contributed by atoms with E-state index in [1.807, 2.05) is 54.6 Å². The van der Waals surface area contributed by atoms with Crippen LogP contribution in [0, 0.1) is 11.3 Å². The van der Waals surface area contributed by atoms with Gasteiger partial charge in [0.2, 0.25) is 0 Å². The molecule has 2 aromatic rings. The first kappa shape index (κ1) is 15.1. The number of rotatable bonds is 5. The predicted molar refractivity (Wildman–Crippen MR) is 89.8 cm³/mol. The topological polar surface area (TPSA) is 33.0 Å². The lowest BCUT2D eigenvalue weighted by atomic mass is 10.0. The van der Waals surface area contributed by atoms with Crippen LogP contribution in [0.3, 0.4) is 0 Å². The minimum atomic E-state index is 0.460. The van der Waals surface area contributed by atoms with Gasteiger partial charge in [0, 0.05) is 0 Å². The first-order chi connectivity index (χ1) is 10.2. The van der Waals surface area contributed by atoms with E-state index in [0.717, 1.165) is 21.3 Å². The summed E-state index contributed by atoms with van der Waals surface area (Å²) in [5.74, 6) is 0.755. The summed E-state index contributed by atoms with van der Waals surface area (Å²) < 4.78 is 6.36. The van der Waals surface area contributed by atoms with Crippen molar-refractivity contribution in [1.82, 2.24) is 0 Å². The lowest BCUT2D eigenvalue weighted by Gasteiger charge is -2.07. The second-order valence-corrected chi connectivity index (χ2v) is 5.18. The minimum Gasteiger partial charge on any atom is -0.488 e. The van der Waals surface area contributed by atoms with Gasteiger partial charge in [-0.25, -0.2) is 0 Å². The highest BCUT2D eigenvalue weighted by atomic mass is 79.9. The van der Waals surface area contributed by atoms with Gasteiger partial charge in [-0.1, -0.05) is 49.1 Å². The number of nitrogens with zero attached hydrogens (tertiary/aromatic N) is 1. The van der Waals surface area contributed by atoms with E-state index in [1.165, 1.54) is 0 Å². The zero-order chi connectivity index (χ0) is 15.1. The Labute approximate surface area is 133 Å². The Kier molecular flexibility index (Phi) is 5.36. The molecule has 0 radical (unpaired) electrons. The van der Waals surface area contributed by atoms with Crippen LogP contribution in [0.1, 0.15) is 11.1 Å². The fourth-order valence-corrected chi connectivity index (χ4v) is 2.35. The third kappa shape index (κ3) is 4.08. The number of halogens is 1. The molecule has 3 heteroatoms. The van der Waals surface area contributed by atoms with Gasteiger partial charge in [-0.3, -0.25) is 0 Å². The Balaban J connectivity index is 2.30. The van der Waals surface area contributed by atoms with Crippen molar-refractivity contribution in [2.75, 3.05) is 6.61 Å². The third-order valence-corrected chi connectivity index (χ3v) is 3.45. The summed E-state index contributed by atoms with van der Waals surface area (Å²) in [5, 5.41) is 9.32. The monoisotopic (exact) mass is 339 g/mol. The van der Waals surface area contributed by atoms with E-state index in [2.05, 4.69) is 28.6 Å². The van der Waals surface area contributed by atoms with Gasteiger partial charge < -0.3 is 4.74 Å². The highest BCUT2D eigenvalue weighted by molar-refractivity contribution is 9.10. The average molecular weight is 340 g/mol. The number of hydrogen-bond acceptors (Lipinski definition) is 2. The first-order valence-electron chi connectivity index (χ1n) is 6.45. The second-order valence-electron chi connectivity index (χ2n) is 4.33. The van der Waals surface area contributed by atoms with Gasteiger partial charge in [-0.05, 0) is 45.3 Å². The number of hydrogen-bond donors (Lipinski definition) is 0. The van der Waals surface area contributed by atoms with E-state index >= 15 is 0 Å². The van der Waals surface area contributed by atoms with Crippen molar-refractivity contribution >= 4 is 27.6 Å². The number of nitriles is 1. The average Bonchev–Trinajstić information content (AvgIpc) is 2.52. The summed E-state index contributed by atoms with van der Waals surface area (Å²) in [7, 11) is 0. The van der Waals surface area contributed by atoms with Gasteiger partial charge in [-0.2, -0.15) is 5.26 Å². The highest BCUT2D eigenvalue weighted by Gasteiger charge is 2.04. The maximum absolute atomic E-state index is 9.32. The van der Waals surface area contributed by atoms with Crippen LogP contribution in [0.2, 0.25) is 0 Å². The summed E-state index contributed by atoms with van der Waals surface area (Å²) in [4.78, 5) is 0. The summed E-state index contributed by atoms with van der Waals surface area (Å²) in [5.41, 5.74) is 2.47. The van der Waals surface area contributed by atoms with E-state index in [0.29, 0.717) is 12.2 Å². The molecule has 0 aliphatic carbocycles. The van der Waals surface area contributed by atoms with Crippen molar-refractivity contribution in [3.05, 3.63) is 76.8 Å². The molecule has 2 rings (SSSR count). The Morgan fingerprint density at radius 3 is 2.62 bits per heavy atom. The van der Waals surface area contributed by atoms with E-state index in [1.54, 1.807) is 6.08 Å². The minimum absolute atomic E-state index is 0.460. The van der Waals surface area contributed by atoms with Crippen LogP contribution in [0.15, 0.2) is 65.7 Å². The van der Waals surface area contributed by atoms with Crippen LogP contribution >= 0.6 is 15.9 Å². The SMILES string of the molecule is C=CCOc1ccc(/C=C(/C#N)c2ccccc2)cc1Br. The molecule has 0 aliphatic heterocycles. The Morgan fingerprint density at radius 2 is 2.00 bits per heavy atom. The zero-order valence-corrected chi connectivity index (χ0v) is 13.0. The fraction of sp³-hybridized carbons (Fsp3) is 0.0556. The third-order valence-electron chi connectivity index (χ3n) is 2.83. The summed E-state index contributed by atoms with van der Waals surface area (Å²) >= 11 is 3.47. The van der Waals surface area contributed by atoms with Crippen LogP contribution in [0.5, 0.6) is 5.75 Å². The van der Waals surface area contributed by atoms with Crippen LogP contribution in [-0.2, 0) is 0 Å². The maximum Gasteiger partial charge on any atom is 0.133 e. The predicted octanol–water partition coefficient (Wildman–Crippen LogP) is 5.08. The number of ether oxygens (including phenoxy) is 1. The zero-order valence-electron chi connectivity index (χ0n) is 11.4. The standard InChI is InChI=1S/C18H14BrNO/c1-2-10-21-18-9-8-14(12-17(18)19)11-16(13-20)15-6-4-3-5-7-15/h2-9,11-12H,1,10H2/b16-11-. The number of benzene rings is 2. The van der Waals surface area contributed by atoms with Gasteiger partial charge in [0.15, 0.2) is 0 Å². The molecule has 0 N–H and O–H groups in total. The smallest absolute Gasteiger partial charge is 0.133 e. The number of allylic oxidation sites excluding steroid dienone is 1. The fourth-order valence-electron chi connectivity index (χ4n) is 1.84. The molecule has 2 aromatic carbocycles. The molecule has 0 saturated heterocycles. The van der Waals surface area contributed by atoms with Crippen LogP contribution < -0.4 is 4.74 Å². The maximum atomic E-state index is 9.32. The molecule has 2 nitrogen and oxygen atoms in total. The van der Waals surface area contributed by atoms with E-state index in [-0.39, 0.29) is 0 Å². The van der Waals surface area contributed by atoms with Gasteiger partial charge >= 0.3 is 0 Å². The largest absolute Gasteiger partial charge is 0.488 e. The molecular weight excluding hydrogens is 326 g/mol. The Hall–Kier alpha value is -2.31. The van der Waals surface area contributed by atoms with Crippen molar-refractivity contribution in [2.24, 2.45) is 0 Å². The first-order valence-corrected chi connectivity index (χ1v) is 7.24. The van der Waals surface area contributed by atoms with Crippen LogP contribution in [-0.4, -0.2) is 6.61 Å². The van der Waals surface area contributed by atoms with Gasteiger partial charge in [-0.15, -0.1) is 0 Å². The van der Waals surface area contributed by atoms with Crippen molar-refractivity contribution in [3.8, 4) is 11.8 Å². The molecule has 0 bridgehead atoms. The normalized spacial score (nSPS) is 10.8. The van der Waals surface area contributed by atoms with Crippen molar-refractivity contribution in [1.29, 1.82) is 5.26 Å². The van der Waals surface area contributed by atoms with E-state index in [9.17, 15) is 5.26 Å². The van der Waals surface area contributed by atoms with Crippen LogP contribution in [0.4, 0.5) is 0 Å². The molecule has 0 heterocycles. The Morgan fingerprint density at radius 1 is 1.24 bits per heavy atom. The van der Waals surface area contributed by atoms with Crippen molar-refractivity contribution in [3.63, 3.8) is 0 Å². The second kappa shape index (κ2) is 7.47. The molecule has 0 saturated carbocycles. The molecule has 0 aliphatic rings. The van der Waals surface area contributed by atoms with Crippen LogP contribution in [0.25, 0.3) is 11.6 Å². The van der Waals surface area contributed by atoms with Gasteiger partial charge in [0.05, 0.1) is 16.1 Å². The molecule has 0 spiro atoms. The molecule has 0 aromatic heterocycles. The van der Waals surface area contributed by atoms with E-state index in [4.69, 9.17) is 4.74 Å². The lowest BCUT2D eigenvalue weighted by molar-refractivity contribution is 0.361. The highest BCUT2D eigenvalue weighted by Crippen LogP contribution is 2.28. The summed E-state index contributed by atoms with van der Waals surface area (Å²) in [6.07, 6.45) is 3.56. The Bertz CT molecular complexity index is 699. The molecule has 0 atom stereocenters. The molecular formula is C18H14BrNO. The van der Waals surface area contributed by atoms with Gasteiger partial charge in [0.25, 0.3) is 0 Å². The van der Waals surface area contributed by atoms with E-state index < -0.39 is 0 Å². The van der Waals surface area contributed by atoms with Gasteiger partial charge in [0.1, 0.15) is 12.4 Å². The lowest BCUT2D eigenvalue weighted by Crippen LogP contribution is -1.93. The molecule has 0 unspecified atom stereocenters. The summed E-state index contributed by atoms with van der Waals surface area (Å²) in [6.45, 7) is 4.08.